The van der Waals surface area contributed by atoms with Crippen LogP contribution in [-0.4, -0.2) is 19.0 Å². The van der Waals surface area contributed by atoms with Crippen LogP contribution in [0.15, 0.2) is 24.3 Å². The average Bonchev–Trinajstić information content (AvgIpc) is 2.29. The van der Waals surface area contributed by atoms with Crippen LogP contribution in [0.2, 0.25) is 5.02 Å². The monoisotopic (exact) mass is 254 g/mol. The highest BCUT2D eigenvalue weighted by atomic mass is 35.5. The zero-order chi connectivity index (χ0) is 12.8. The van der Waals surface area contributed by atoms with E-state index in [0.29, 0.717) is 18.1 Å². The van der Waals surface area contributed by atoms with E-state index in [9.17, 15) is 4.79 Å². The fourth-order valence-corrected chi connectivity index (χ4v) is 1.76. The number of nitrogens with two attached hydrogens (primary N) is 1. The summed E-state index contributed by atoms with van der Waals surface area (Å²) < 4.78 is 0. The van der Waals surface area contributed by atoms with Crippen molar-refractivity contribution in [1.82, 2.24) is 0 Å². The number of carbonyl (C=O) groups excluding carboxylic acids is 1. The molecule has 0 atom stereocenters. The van der Waals surface area contributed by atoms with Crippen LogP contribution in [0.4, 0.5) is 5.69 Å². The number of amides is 1. The highest BCUT2D eigenvalue weighted by Crippen LogP contribution is 2.21. The minimum Gasteiger partial charge on any atom is -0.330 e. The van der Waals surface area contributed by atoms with Crippen LogP contribution in [0.25, 0.3) is 0 Å². The van der Waals surface area contributed by atoms with E-state index < -0.39 is 0 Å². The smallest absolute Gasteiger partial charge is 0.229 e. The van der Waals surface area contributed by atoms with E-state index in [0.717, 1.165) is 12.1 Å². The molecule has 3 nitrogen and oxygen atoms in total. The first-order valence-electron chi connectivity index (χ1n) is 5.83. The molecule has 0 aliphatic rings. The number of hydrogen-bond donors (Lipinski definition) is 1. The molecule has 0 saturated carbocycles. The third-order valence-electron chi connectivity index (χ3n) is 2.47. The van der Waals surface area contributed by atoms with Gasteiger partial charge in [-0.2, -0.15) is 0 Å². The molecule has 0 saturated heterocycles. The van der Waals surface area contributed by atoms with Gasteiger partial charge in [0.1, 0.15) is 0 Å². The van der Waals surface area contributed by atoms with Gasteiger partial charge in [-0.15, -0.1) is 0 Å². The van der Waals surface area contributed by atoms with Crippen LogP contribution in [0.1, 0.15) is 20.3 Å². The van der Waals surface area contributed by atoms with Crippen LogP contribution in [-0.2, 0) is 4.79 Å². The predicted octanol–water partition coefficient (Wildman–Crippen LogP) is 2.68. The van der Waals surface area contributed by atoms with Crippen molar-refractivity contribution in [3.05, 3.63) is 29.3 Å². The largest absolute Gasteiger partial charge is 0.330 e. The lowest BCUT2D eigenvalue weighted by Gasteiger charge is -2.24. The van der Waals surface area contributed by atoms with E-state index in [4.69, 9.17) is 17.3 Å². The molecule has 17 heavy (non-hydrogen) atoms. The molecule has 1 rings (SSSR count). The molecule has 4 heteroatoms. The van der Waals surface area contributed by atoms with E-state index in [1.807, 2.05) is 26.0 Å². The third kappa shape index (κ3) is 4.02. The molecule has 0 radical (unpaired) electrons. The van der Waals surface area contributed by atoms with E-state index in [1.165, 1.54) is 0 Å². The van der Waals surface area contributed by atoms with Crippen molar-refractivity contribution in [2.75, 3.05) is 18.0 Å². The third-order valence-corrected chi connectivity index (χ3v) is 2.70. The second-order valence-corrected chi connectivity index (χ2v) is 4.70. The summed E-state index contributed by atoms with van der Waals surface area (Å²) in [6, 6.07) is 7.34. The maximum absolute atomic E-state index is 12.1. The number of anilines is 1. The van der Waals surface area contributed by atoms with Gasteiger partial charge in [-0.25, -0.2) is 0 Å². The summed E-state index contributed by atoms with van der Waals surface area (Å²) in [6.07, 6.45) is 0.783. The molecule has 0 fully saturated rings. The van der Waals surface area contributed by atoms with Gasteiger partial charge in [-0.05, 0) is 31.2 Å². The molecule has 0 aliphatic heterocycles. The summed E-state index contributed by atoms with van der Waals surface area (Å²) >= 11 is 5.94. The van der Waals surface area contributed by atoms with Gasteiger partial charge in [0, 0.05) is 23.2 Å². The van der Waals surface area contributed by atoms with Crippen molar-refractivity contribution in [3.63, 3.8) is 0 Å². The summed E-state index contributed by atoms with van der Waals surface area (Å²) in [7, 11) is 0. The molecular weight excluding hydrogens is 236 g/mol. The number of carbonyl (C=O) groups is 1. The summed E-state index contributed by atoms with van der Waals surface area (Å²) in [5.74, 6) is 0.0625. The van der Waals surface area contributed by atoms with Gasteiger partial charge in [0.25, 0.3) is 0 Å². The van der Waals surface area contributed by atoms with Crippen molar-refractivity contribution < 1.29 is 4.79 Å². The van der Waals surface area contributed by atoms with Gasteiger partial charge in [-0.3, -0.25) is 4.79 Å². The number of benzene rings is 1. The summed E-state index contributed by atoms with van der Waals surface area (Å²) in [6.45, 7) is 4.99. The zero-order valence-corrected chi connectivity index (χ0v) is 11.1. The van der Waals surface area contributed by atoms with Gasteiger partial charge in [-0.1, -0.05) is 31.5 Å². The second-order valence-electron chi connectivity index (χ2n) is 4.27. The lowest BCUT2D eigenvalue weighted by atomic mass is 10.1. The highest BCUT2D eigenvalue weighted by molar-refractivity contribution is 6.30. The topological polar surface area (TPSA) is 46.3 Å². The Morgan fingerprint density at radius 3 is 2.71 bits per heavy atom. The first kappa shape index (κ1) is 14.0. The average molecular weight is 255 g/mol. The molecule has 0 aliphatic carbocycles. The van der Waals surface area contributed by atoms with Crippen LogP contribution >= 0.6 is 11.6 Å². The fourth-order valence-electron chi connectivity index (χ4n) is 1.57. The molecule has 0 heterocycles. The quantitative estimate of drug-likeness (QED) is 0.878. The number of hydrogen-bond acceptors (Lipinski definition) is 2. The maximum atomic E-state index is 12.1. The van der Waals surface area contributed by atoms with Gasteiger partial charge in [0.2, 0.25) is 5.91 Å². The number of rotatable bonds is 5. The Morgan fingerprint density at radius 2 is 2.18 bits per heavy atom. The highest BCUT2D eigenvalue weighted by Gasteiger charge is 2.18. The van der Waals surface area contributed by atoms with Gasteiger partial charge in [0.05, 0.1) is 0 Å². The van der Waals surface area contributed by atoms with E-state index in [-0.39, 0.29) is 11.8 Å². The Kier molecular flexibility index (Phi) is 5.45. The Hall–Kier alpha value is -1.06. The molecule has 1 aromatic rings. The van der Waals surface area contributed by atoms with E-state index >= 15 is 0 Å². The van der Waals surface area contributed by atoms with Crippen molar-refractivity contribution in [1.29, 1.82) is 0 Å². The van der Waals surface area contributed by atoms with E-state index in [1.54, 1.807) is 17.0 Å². The Bertz CT molecular complexity index is 379. The maximum Gasteiger partial charge on any atom is 0.229 e. The molecule has 0 spiro atoms. The van der Waals surface area contributed by atoms with Crippen LogP contribution in [0.5, 0.6) is 0 Å². The first-order chi connectivity index (χ1) is 8.06. The SMILES string of the molecule is CC(C)C(=O)N(CCCN)c1cccc(Cl)c1. The molecule has 94 valence electrons. The summed E-state index contributed by atoms with van der Waals surface area (Å²) in [5.41, 5.74) is 6.33. The molecule has 2 N–H and O–H groups in total. The van der Waals surface area contributed by atoms with Gasteiger partial charge >= 0.3 is 0 Å². The first-order valence-corrected chi connectivity index (χ1v) is 6.21. The number of nitrogens with zero attached hydrogens (tertiary/aromatic N) is 1. The molecule has 0 aromatic heterocycles. The minimum absolute atomic E-state index is 0.0354. The predicted molar refractivity (Wildman–Crippen MR) is 72.3 cm³/mol. The molecular formula is C13H19ClN2O. The molecule has 1 aromatic carbocycles. The standard InChI is InChI=1S/C13H19ClN2O/c1-10(2)13(17)16(8-4-7-15)12-6-3-5-11(14)9-12/h3,5-6,9-10H,4,7-8,15H2,1-2H3. The van der Waals surface area contributed by atoms with E-state index in [2.05, 4.69) is 0 Å². The Labute approximate surface area is 108 Å². The van der Waals surface area contributed by atoms with Crippen molar-refractivity contribution in [2.24, 2.45) is 11.7 Å². The van der Waals surface area contributed by atoms with Crippen LogP contribution in [0.3, 0.4) is 0 Å². The Morgan fingerprint density at radius 1 is 1.47 bits per heavy atom. The minimum atomic E-state index is -0.0354. The second kappa shape index (κ2) is 6.62. The number of halogens is 1. The normalized spacial score (nSPS) is 10.6. The van der Waals surface area contributed by atoms with Crippen LogP contribution < -0.4 is 10.6 Å². The fraction of sp³-hybridized carbons (Fsp3) is 0.462. The molecule has 0 unspecified atom stereocenters. The zero-order valence-electron chi connectivity index (χ0n) is 10.3. The van der Waals surface area contributed by atoms with Crippen molar-refractivity contribution in [2.45, 2.75) is 20.3 Å². The van der Waals surface area contributed by atoms with Gasteiger partial charge < -0.3 is 10.6 Å². The summed E-state index contributed by atoms with van der Waals surface area (Å²) in [4.78, 5) is 13.9. The van der Waals surface area contributed by atoms with Gasteiger partial charge in [0.15, 0.2) is 0 Å². The molecule has 0 bridgehead atoms. The van der Waals surface area contributed by atoms with Crippen molar-refractivity contribution >= 4 is 23.2 Å². The lowest BCUT2D eigenvalue weighted by Crippen LogP contribution is -2.35. The lowest BCUT2D eigenvalue weighted by molar-refractivity contribution is -0.121. The van der Waals surface area contributed by atoms with Crippen molar-refractivity contribution in [3.8, 4) is 0 Å². The molecule has 1 amide bonds. The summed E-state index contributed by atoms with van der Waals surface area (Å²) in [5, 5.41) is 0.636. The van der Waals surface area contributed by atoms with Crippen LogP contribution in [0, 0.1) is 5.92 Å². The Balaban J connectivity index is 2.93.